The molecule has 0 fully saturated rings. The number of imidazole rings is 1. The third-order valence-electron chi connectivity index (χ3n) is 3.09. The molecule has 2 N–H and O–H groups in total. The van der Waals surface area contributed by atoms with Crippen LogP contribution < -0.4 is 10.5 Å². The number of fused-ring (bicyclic) bond motifs is 1. The van der Waals surface area contributed by atoms with Crippen molar-refractivity contribution in [2.45, 2.75) is 6.54 Å². The van der Waals surface area contributed by atoms with Gasteiger partial charge >= 0.3 is 0 Å². The van der Waals surface area contributed by atoms with Crippen molar-refractivity contribution in [3.05, 3.63) is 46.7 Å². The second-order valence-electron chi connectivity index (χ2n) is 4.29. The van der Waals surface area contributed by atoms with Crippen molar-refractivity contribution in [1.82, 2.24) is 14.6 Å². The lowest BCUT2D eigenvalue weighted by molar-refractivity contribution is 0.412. The van der Waals surface area contributed by atoms with E-state index < -0.39 is 0 Å². The van der Waals surface area contributed by atoms with Crippen molar-refractivity contribution in [2.75, 3.05) is 7.11 Å². The van der Waals surface area contributed by atoms with E-state index in [9.17, 15) is 0 Å². The topological polar surface area (TPSA) is 65.4 Å². The second-order valence-corrected chi connectivity index (χ2v) is 5.15. The van der Waals surface area contributed by atoms with Crippen LogP contribution in [-0.2, 0) is 6.54 Å². The highest BCUT2D eigenvalue weighted by Crippen LogP contribution is 2.29. The summed E-state index contributed by atoms with van der Waals surface area (Å²) in [6, 6.07) is 9.72. The Labute approximate surface area is 124 Å². The van der Waals surface area contributed by atoms with Gasteiger partial charge in [-0.25, -0.2) is 9.50 Å². The average Bonchev–Trinajstić information content (AvgIpc) is 2.89. The second kappa shape index (κ2) is 5.22. The van der Waals surface area contributed by atoms with Gasteiger partial charge in [0, 0.05) is 12.1 Å². The lowest BCUT2D eigenvalue weighted by atomic mass is 10.1. The van der Waals surface area contributed by atoms with Gasteiger partial charge in [0.15, 0.2) is 5.65 Å². The highest BCUT2D eigenvalue weighted by molar-refractivity contribution is 9.10. The molecule has 20 heavy (non-hydrogen) atoms. The fraction of sp³-hybridized carbons (Fsp3) is 0.143. The molecule has 0 amide bonds. The number of nitrogens with zero attached hydrogens (tertiary/aromatic N) is 3. The van der Waals surface area contributed by atoms with Crippen molar-refractivity contribution < 1.29 is 4.74 Å². The van der Waals surface area contributed by atoms with E-state index in [4.69, 9.17) is 10.5 Å². The van der Waals surface area contributed by atoms with E-state index in [2.05, 4.69) is 26.0 Å². The standard InChI is InChI=1S/C14H13BrN4O/c1-20-13-4-2-9(6-11(13)15)12-3-5-14-17-8-10(7-16)19(14)18-12/h2-6,8H,7,16H2,1H3. The normalized spacial score (nSPS) is 10.9. The predicted molar refractivity (Wildman–Crippen MR) is 80.6 cm³/mol. The van der Waals surface area contributed by atoms with E-state index in [0.717, 1.165) is 32.8 Å². The molecule has 0 radical (unpaired) electrons. The third kappa shape index (κ3) is 2.17. The molecule has 0 bridgehead atoms. The number of halogens is 1. The van der Waals surface area contributed by atoms with E-state index in [0.29, 0.717) is 6.54 Å². The number of methoxy groups -OCH3 is 1. The Morgan fingerprint density at radius 2 is 2.15 bits per heavy atom. The summed E-state index contributed by atoms with van der Waals surface area (Å²) in [5, 5.41) is 4.59. The molecule has 6 heteroatoms. The van der Waals surface area contributed by atoms with Crippen LogP contribution in [0.25, 0.3) is 16.9 Å². The first-order chi connectivity index (χ1) is 9.72. The summed E-state index contributed by atoms with van der Waals surface area (Å²) in [5.41, 5.74) is 9.21. The third-order valence-corrected chi connectivity index (χ3v) is 3.71. The average molecular weight is 333 g/mol. The Hall–Kier alpha value is -1.92. The van der Waals surface area contributed by atoms with Crippen molar-refractivity contribution in [3.8, 4) is 17.0 Å². The van der Waals surface area contributed by atoms with Gasteiger partial charge in [0.05, 0.1) is 29.2 Å². The summed E-state index contributed by atoms with van der Waals surface area (Å²) in [7, 11) is 1.64. The fourth-order valence-electron chi connectivity index (χ4n) is 2.04. The van der Waals surface area contributed by atoms with Crippen LogP contribution in [-0.4, -0.2) is 21.7 Å². The zero-order valence-corrected chi connectivity index (χ0v) is 12.5. The van der Waals surface area contributed by atoms with Crippen molar-refractivity contribution in [1.29, 1.82) is 0 Å². The molecule has 0 saturated heterocycles. The number of rotatable bonds is 3. The summed E-state index contributed by atoms with van der Waals surface area (Å²) >= 11 is 3.48. The maximum Gasteiger partial charge on any atom is 0.153 e. The molecule has 5 nitrogen and oxygen atoms in total. The van der Waals surface area contributed by atoms with E-state index >= 15 is 0 Å². The summed E-state index contributed by atoms with van der Waals surface area (Å²) in [5.74, 6) is 0.792. The zero-order valence-electron chi connectivity index (χ0n) is 10.9. The maximum absolute atomic E-state index is 5.69. The number of nitrogens with two attached hydrogens (primary N) is 1. The van der Waals surface area contributed by atoms with E-state index in [-0.39, 0.29) is 0 Å². The molecule has 0 saturated carbocycles. The molecule has 0 aliphatic heterocycles. The molecule has 0 spiro atoms. The van der Waals surface area contributed by atoms with Gasteiger partial charge in [-0.3, -0.25) is 0 Å². The largest absolute Gasteiger partial charge is 0.496 e. The molecule has 3 aromatic rings. The lowest BCUT2D eigenvalue weighted by Crippen LogP contribution is -2.04. The Morgan fingerprint density at radius 3 is 2.85 bits per heavy atom. The zero-order chi connectivity index (χ0) is 14.1. The molecular formula is C14H13BrN4O. The van der Waals surface area contributed by atoms with Crippen LogP contribution in [0.4, 0.5) is 0 Å². The Bertz CT molecular complexity index is 769. The highest BCUT2D eigenvalue weighted by atomic mass is 79.9. The minimum absolute atomic E-state index is 0.407. The van der Waals surface area contributed by atoms with E-state index in [1.165, 1.54) is 0 Å². The van der Waals surface area contributed by atoms with Crippen molar-refractivity contribution in [2.24, 2.45) is 5.73 Å². The number of aromatic nitrogens is 3. The smallest absolute Gasteiger partial charge is 0.153 e. The monoisotopic (exact) mass is 332 g/mol. The highest BCUT2D eigenvalue weighted by Gasteiger charge is 2.08. The quantitative estimate of drug-likeness (QED) is 0.800. The lowest BCUT2D eigenvalue weighted by Gasteiger charge is -2.07. The molecule has 0 aliphatic rings. The van der Waals surface area contributed by atoms with Crippen LogP contribution >= 0.6 is 15.9 Å². The molecule has 0 unspecified atom stereocenters. The predicted octanol–water partition coefficient (Wildman–Crippen LogP) is 2.63. The molecule has 0 aliphatic carbocycles. The first kappa shape index (κ1) is 13.1. The molecule has 3 rings (SSSR count). The molecule has 0 atom stereocenters. The fourth-order valence-corrected chi connectivity index (χ4v) is 2.58. The van der Waals surface area contributed by atoms with Crippen molar-refractivity contribution >= 4 is 21.6 Å². The van der Waals surface area contributed by atoms with Crippen LogP contribution in [0.15, 0.2) is 41.0 Å². The van der Waals surface area contributed by atoms with Gasteiger partial charge in [-0.2, -0.15) is 5.10 Å². The molecule has 1 aromatic carbocycles. The van der Waals surface area contributed by atoms with Gasteiger partial charge in [-0.15, -0.1) is 0 Å². The van der Waals surface area contributed by atoms with Crippen LogP contribution in [0, 0.1) is 0 Å². The molecule has 102 valence electrons. The summed E-state index contributed by atoms with van der Waals surface area (Å²) < 4.78 is 7.90. The number of hydrogen-bond donors (Lipinski definition) is 1. The van der Waals surface area contributed by atoms with Crippen LogP contribution in [0.1, 0.15) is 5.69 Å². The van der Waals surface area contributed by atoms with Gasteiger partial charge in [-0.05, 0) is 46.3 Å². The Balaban J connectivity index is 2.11. The van der Waals surface area contributed by atoms with Gasteiger partial charge in [0.25, 0.3) is 0 Å². The molecular weight excluding hydrogens is 320 g/mol. The molecule has 2 aromatic heterocycles. The van der Waals surface area contributed by atoms with Crippen LogP contribution in [0.2, 0.25) is 0 Å². The van der Waals surface area contributed by atoms with Gasteiger partial charge in [0.1, 0.15) is 5.75 Å². The maximum atomic E-state index is 5.69. The van der Waals surface area contributed by atoms with E-state index in [1.807, 2.05) is 30.3 Å². The van der Waals surface area contributed by atoms with Crippen LogP contribution in [0.3, 0.4) is 0 Å². The van der Waals surface area contributed by atoms with Gasteiger partial charge < -0.3 is 10.5 Å². The van der Waals surface area contributed by atoms with Gasteiger partial charge in [-0.1, -0.05) is 0 Å². The molecule has 2 heterocycles. The number of hydrogen-bond acceptors (Lipinski definition) is 4. The SMILES string of the molecule is COc1ccc(-c2ccc3ncc(CN)n3n2)cc1Br. The minimum atomic E-state index is 0.407. The van der Waals surface area contributed by atoms with Crippen molar-refractivity contribution in [3.63, 3.8) is 0 Å². The minimum Gasteiger partial charge on any atom is -0.496 e. The Morgan fingerprint density at radius 1 is 1.30 bits per heavy atom. The first-order valence-electron chi connectivity index (χ1n) is 6.10. The Kier molecular flexibility index (Phi) is 3.42. The number of ether oxygens (including phenoxy) is 1. The number of benzene rings is 1. The summed E-state index contributed by atoms with van der Waals surface area (Å²) in [6.45, 7) is 0.407. The van der Waals surface area contributed by atoms with E-state index in [1.54, 1.807) is 17.8 Å². The van der Waals surface area contributed by atoms with Crippen LogP contribution in [0.5, 0.6) is 5.75 Å². The first-order valence-corrected chi connectivity index (χ1v) is 6.90. The van der Waals surface area contributed by atoms with Gasteiger partial charge in [0.2, 0.25) is 0 Å². The summed E-state index contributed by atoms with van der Waals surface area (Å²) in [4.78, 5) is 4.26. The summed E-state index contributed by atoms with van der Waals surface area (Å²) in [6.07, 6.45) is 1.75.